The molecule has 3 N–H and O–H groups in total. The first-order valence-electron chi connectivity index (χ1n) is 3.67. The molecule has 0 aliphatic rings. The van der Waals surface area contributed by atoms with E-state index in [0.717, 1.165) is 6.42 Å². The molecule has 0 spiro atoms. The Hall–Kier alpha value is -0.340. The van der Waals surface area contributed by atoms with Crippen LogP contribution in [0.15, 0.2) is 12.7 Å². The molecule has 60 valence electrons. The maximum Gasteiger partial charge on any atom is 0.0438 e. The summed E-state index contributed by atoms with van der Waals surface area (Å²) < 4.78 is 0. The second-order valence-electron chi connectivity index (χ2n) is 3.22. The highest BCUT2D eigenvalue weighted by molar-refractivity contribution is 4.94. The lowest BCUT2D eigenvalue weighted by atomic mass is 9.82. The molecule has 2 heteroatoms. The van der Waals surface area contributed by atoms with Crippen LogP contribution in [0.2, 0.25) is 0 Å². The molecule has 0 aromatic carbocycles. The van der Waals surface area contributed by atoms with Crippen LogP contribution in [0.3, 0.4) is 0 Å². The fourth-order valence-corrected chi connectivity index (χ4v) is 0.833. The third kappa shape index (κ3) is 2.12. The Bertz CT molecular complexity index is 108. The first kappa shape index (κ1) is 9.66. The first-order chi connectivity index (χ1) is 4.58. The lowest BCUT2D eigenvalue weighted by Crippen LogP contribution is -2.43. The van der Waals surface area contributed by atoms with Crippen molar-refractivity contribution in [1.82, 2.24) is 5.43 Å². The number of nitrogens with one attached hydrogen (secondary N) is 1. The highest BCUT2D eigenvalue weighted by Gasteiger charge is 2.23. The fraction of sp³-hybridized carbons (Fsp3) is 0.750. The summed E-state index contributed by atoms with van der Waals surface area (Å²) in [7, 11) is 0. The third-order valence-electron chi connectivity index (χ3n) is 2.17. The van der Waals surface area contributed by atoms with Crippen LogP contribution in [-0.2, 0) is 0 Å². The quantitative estimate of drug-likeness (QED) is 0.354. The molecule has 0 aromatic heterocycles. The Labute approximate surface area is 63.5 Å². The molecule has 0 amide bonds. The molecular weight excluding hydrogens is 124 g/mol. The Morgan fingerprint density at radius 1 is 1.70 bits per heavy atom. The van der Waals surface area contributed by atoms with Gasteiger partial charge in [0.1, 0.15) is 0 Å². The Kier molecular flexibility index (Phi) is 3.61. The van der Waals surface area contributed by atoms with Crippen molar-refractivity contribution in [2.75, 3.05) is 0 Å². The average Bonchev–Trinajstić information content (AvgIpc) is 1.90. The van der Waals surface area contributed by atoms with E-state index in [1.54, 1.807) is 0 Å². The normalized spacial score (nSPS) is 14.8. The predicted octanol–water partition coefficient (Wildman–Crippen LogP) is 1.44. The maximum absolute atomic E-state index is 5.32. The fourth-order valence-electron chi connectivity index (χ4n) is 0.833. The smallest absolute Gasteiger partial charge is 0.0438 e. The van der Waals surface area contributed by atoms with Crippen molar-refractivity contribution in [2.45, 2.75) is 33.2 Å². The number of rotatable bonds is 4. The van der Waals surface area contributed by atoms with Crippen LogP contribution in [0.25, 0.3) is 0 Å². The minimum absolute atomic E-state index is 0.205. The van der Waals surface area contributed by atoms with Gasteiger partial charge in [0.2, 0.25) is 0 Å². The minimum Gasteiger partial charge on any atom is -0.271 e. The molecule has 0 bridgehead atoms. The number of hydrogen-bond acceptors (Lipinski definition) is 2. The molecule has 0 heterocycles. The predicted molar refractivity (Wildman–Crippen MR) is 45.4 cm³/mol. The van der Waals surface area contributed by atoms with Gasteiger partial charge in [-0.3, -0.25) is 11.3 Å². The molecule has 0 saturated heterocycles. The molecule has 10 heavy (non-hydrogen) atoms. The van der Waals surface area contributed by atoms with E-state index >= 15 is 0 Å². The van der Waals surface area contributed by atoms with E-state index < -0.39 is 0 Å². The van der Waals surface area contributed by atoms with E-state index in [4.69, 9.17) is 5.84 Å². The zero-order valence-electron chi connectivity index (χ0n) is 7.15. The summed E-state index contributed by atoms with van der Waals surface area (Å²) in [5.41, 5.74) is 2.93. The van der Waals surface area contributed by atoms with Gasteiger partial charge in [-0.2, -0.15) is 0 Å². The van der Waals surface area contributed by atoms with Gasteiger partial charge in [0.05, 0.1) is 0 Å². The van der Waals surface area contributed by atoms with Crippen molar-refractivity contribution in [1.29, 1.82) is 0 Å². The van der Waals surface area contributed by atoms with Crippen LogP contribution in [0.4, 0.5) is 0 Å². The Balaban J connectivity index is 4.10. The second-order valence-corrected chi connectivity index (χ2v) is 3.22. The van der Waals surface area contributed by atoms with E-state index in [2.05, 4.69) is 32.8 Å². The van der Waals surface area contributed by atoms with E-state index in [-0.39, 0.29) is 11.5 Å². The lowest BCUT2D eigenvalue weighted by Gasteiger charge is -2.30. The van der Waals surface area contributed by atoms with E-state index in [1.165, 1.54) is 0 Å². The van der Waals surface area contributed by atoms with E-state index in [0.29, 0.717) is 0 Å². The maximum atomic E-state index is 5.32. The van der Waals surface area contributed by atoms with Crippen molar-refractivity contribution in [3.8, 4) is 0 Å². The van der Waals surface area contributed by atoms with Crippen molar-refractivity contribution in [3.05, 3.63) is 12.7 Å². The zero-order chi connectivity index (χ0) is 8.20. The molecule has 1 unspecified atom stereocenters. The van der Waals surface area contributed by atoms with Crippen LogP contribution in [0.5, 0.6) is 0 Å². The highest BCUT2D eigenvalue weighted by atomic mass is 15.2. The van der Waals surface area contributed by atoms with Crippen LogP contribution in [-0.4, -0.2) is 6.04 Å². The summed E-state index contributed by atoms with van der Waals surface area (Å²) >= 11 is 0. The monoisotopic (exact) mass is 142 g/mol. The topological polar surface area (TPSA) is 38.0 Å². The van der Waals surface area contributed by atoms with Crippen LogP contribution >= 0.6 is 0 Å². The zero-order valence-corrected chi connectivity index (χ0v) is 7.15. The molecule has 0 fully saturated rings. The van der Waals surface area contributed by atoms with Crippen molar-refractivity contribution >= 4 is 0 Å². The van der Waals surface area contributed by atoms with Gasteiger partial charge in [-0.15, -0.1) is 6.58 Å². The SMILES string of the molecule is C=CC(NN)C(C)(C)CC. The van der Waals surface area contributed by atoms with Crippen LogP contribution < -0.4 is 11.3 Å². The van der Waals surface area contributed by atoms with Crippen molar-refractivity contribution in [2.24, 2.45) is 11.3 Å². The summed E-state index contributed by atoms with van der Waals surface area (Å²) in [6.45, 7) is 10.2. The molecule has 2 nitrogen and oxygen atoms in total. The van der Waals surface area contributed by atoms with Gasteiger partial charge in [-0.05, 0) is 11.8 Å². The van der Waals surface area contributed by atoms with Gasteiger partial charge < -0.3 is 0 Å². The summed E-state index contributed by atoms with van der Waals surface area (Å²) in [6, 6.07) is 0.206. The molecule has 0 rings (SSSR count). The highest BCUT2D eigenvalue weighted by Crippen LogP contribution is 2.24. The molecule has 0 radical (unpaired) electrons. The van der Waals surface area contributed by atoms with Gasteiger partial charge in [-0.1, -0.05) is 26.8 Å². The Morgan fingerprint density at radius 2 is 2.20 bits per heavy atom. The number of nitrogens with two attached hydrogens (primary N) is 1. The molecule has 0 aliphatic carbocycles. The van der Waals surface area contributed by atoms with Crippen LogP contribution in [0.1, 0.15) is 27.2 Å². The van der Waals surface area contributed by atoms with Gasteiger partial charge in [0.15, 0.2) is 0 Å². The molecule has 0 aromatic rings. The van der Waals surface area contributed by atoms with E-state index in [1.807, 2.05) is 6.08 Å². The van der Waals surface area contributed by atoms with Crippen molar-refractivity contribution in [3.63, 3.8) is 0 Å². The Morgan fingerprint density at radius 3 is 2.30 bits per heavy atom. The average molecular weight is 142 g/mol. The molecule has 1 atom stereocenters. The standard InChI is InChI=1S/C8H18N2/c1-5-7(10-9)8(3,4)6-2/h5,7,10H,1,6,9H2,2-4H3. The molecular formula is C8H18N2. The van der Waals surface area contributed by atoms with Gasteiger partial charge in [0, 0.05) is 6.04 Å². The van der Waals surface area contributed by atoms with Crippen molar-refractivity contribution < 1.29 is 0 Å². The molecule has 0 aliphatic heterocycles. The van der Waals surface area contributed by atoms with Crippen LogP contribution in [0, 0.1) is 5.41 Å². The number of hydrazine groups is 1. The molecule has 0 saturated carbocycles. The minimum atomic E-state index is 0.205. The van der Waals surface area contributed by atoms with Gasteiger partial charge >= 0.3 is 0 Å². The second kappa shape index (κ2) is 3.74. The number of hydrogen-bond donors (Lipinski definition) is 2. The van der Waals surface area contributed by atoms with Gasteiger partial charge in [0.25, 0.3) is 0 Å². The first-order valence-corrected chi connectivity index (χ1v) is 3.67. The lowest BCUT2D eigenvalue weighted by molar-refractivity contribution is 0.273. The van der Waals surface area contributed by atoms with E-state index in [9.17, 15) is 0 Å². The third-order valence-corrected chi connectivity index (χ3v) is 2.17. The summed E-state index contributed by atoms with van der Waals surface area (Å²) in [4.78, 5) is 0. The van der Waals surface area contributed by atoms with Gasteiger partial charge in [-0.25, -0.2) is 0 Å². The summed E-state index contributed by atoms with van der Waals surface area (Å²) in [5, 5.41) is 0. The summed E-state index contributed by atoms with van der Waals surface area (Å²) in [6.07, 6.45) is 2.94. The summed E-state index contributed by atoms with van der Waals surface area (Å²) in [5.74, 6) is 5.32. The largest absolute Gasteiger partial charge is 0.271 e.